The van der Waals surface area contributed by atoms with Gasteiger partial charge in [0.25, 0.3) is 0 Å². The van der Waals surface area contributed by atoms with E-state index >= 15 is 0 Å². The van der Waals surface area contributed by atoms with Crippen molar-refractivity contribution in [2.24, 2.45) is 0 Å². The van der Waals surface area contributed by atoms with E-state index in [0.29, 0.717) is 5.69 Å². The van der Waals surface area contributed by atoms with Gasteiger partial charge in [-0.2, -0.15) is 0 Å². The standard InChI is InChI=1S/C14H16BrN3/c1-3-4-13-12(16)8-17-14(18-13)10-6-5-9(2)11(15)7-10/h5-8H,3-4,16H2,1-2H3. The minimum atomic E-state index is 0.673. The molecule has 18 heavy (non-hydrogen) atoms. The molecule has 0 unspecified atom stereocenters. The molecule has 4 heteroatoms. The molecule has 0 atom stereocenters. The molecule has 0 aliphatic carbocycles. The lowest BCUT2D eigenvalue weighted by molar-refractivity contribution is 0.879. The van der Waals surface area contributed by atoms with Crippen LogP contribution in [-0.2, 0) is 6.42 Å². The number of benzene rings is 1. The van der Waals surface area contributed by atoms with Crippen LogP contribution in [0.2, 0.25) is 0 Å². The van der Waals surface area contributed by atoms with Crippen LogP contribution < -0.4 is 5.73 Å². The molecule has 0 spiro atoms. The van der Waals surface area contributed by atoms with Gasteiger partial charge in [-0.1, -0.05) is 41.4 Å². The third-order valence-corrected chi connectivity index (χ3v) is 3.67. The molecule has 0 saturated heterocycles. The number of nitrogens with two attached hydrogens (primary N) is 1. The quantitative estimate of drug-likeness (QED) is 0.939. The second-order valence-corrected chi connectivity index (χ2v) is 5.16. The smallest absolute Gasteiger partial charge is 0.159 e. The molecule has 1 heterocycles. The minimum Gasteiger partial charge on any atom is -0.396 e. The van der Waals surface area contributed by atoms with E-state index < -0.39 is 0 Å². The van der Waals surface area contributed by atoms with E-state index in [-0.39, 0.29) is 0 Å². The predicted molar refractivity (Wildman–Crippen MR) is 78.3 cm³/mol. The fourth-order valence-electron chi connectivity index (χ4n) is 1.73. The first-order valence-electron chi connectivity index (χ1n) is 5.99. The first-order valence-corrected chi connectivity index (χ1v) is 6.79. The second-order valence-electron chi connectivity index (χ2n) is 4.31. The summed E-state index contributed by atoms with van der Waals surface area (Å²) in [5, 5.41) is 0. The molecule has 0 radical (unpaired) electrons. The van der Waals surface area contributed by atoms with E-state index in [2.05, 4.69) is 45.8 Å². The zero-order chi connectivity index (χ0) is 13.1. The molecular formula is C14H16BrN3. The molecule has 2 rings (SSSR count). The molecule has 0 aliphatic rings. The Kier molecular flexibility index (Phi) is 3.97. The van der Waals surface area contributed by atoms with Gasteiger partial charge in [-0.25, -0.2) is 9.97 Å². The number of hydrogen-bond donors (Lipinski definition) is 1. The van der Waals surface area contributed by atoms with E-state index in [0.717, 1.165) is 34.4 Å². The molecule has 0 bridgehead atoms. The first kappa shape index (κ1) is 13.0. The molecule has 0 saturated carbocycles. The van der Waals surface area contributed by atoms with Gasteiger partial charge in [0.2, 0.25) is 0 Å². The molecule has 3 nitrogen and oxygen atoms in total. The fraction of sp³-hybridized carbons (Fsp3) is 0.286. The normalized spacial score (nSPS) is 10.6. The van der Waals surface area contributed by atoms with Crippen LogP contribution in [0.5, 0.6) is 0 Å². The summed E-state index contributed by atoms with van der Waals surface area (Å²) in [7, 11) is 0. The van der Waals surface area contributed by atoms with Crippen LogP contribution in [0.3, 0.4) is 0 Å². The molecule has 1 aromatic carbocycles. The van der Waals surface area contributed by atoms with Gasteiger partial charge in [0, 0.05) is 10.0 Å². The Morgan fingerprint density at radius 2 is 2.11 bits per heavy atom. The van der Waals surface area contributed by atoms with Crippen molar-refractivity contribution in [3.8, 4) is 11.4 Å². The lowest BCUT2D eigenvalue weighted by Crippen LogP contribution is -2.01. The number of halogens is 1. The largest absolute Gasteiger partial charge is 0.396 e. The maximum atomic E-state index is 5.87. The Hall–Kier alpha value is -1.42. The summed E-state index contributed by atoms with van der Waals surface area (Å²) >= 11 is 3.53. The van der Waals surface area contributed by atoms with Gasteiger partial charge in [0.15, 0.2) is 5.82 Å². The summed E-state index contributed by atoms with van der Waals surface area (Å²) in [6.45, 7) is 4.17. The highest BCUT2D eigenvalue weighted by Gasteiger charge is 2.07. The highest BCUT2D eigenvalue weighted by molar-refractivity contribution is 9.10. The van der Waals surface area contributed by atoms with E-state index in [4.69, 9.17) is 5.73 Å². The monoisotopic (exact) mass is 305 g/mol. The number of aromatic nitrogens is 2. The number of hydrogen-bond acceptors (Lipinski definition) is 3. The van der Waals surface area contributed by atoms with Crippen LogP contribution in [-0.4, -0.2) is 9.97 Å². The molecule has 0 aliphatic heterocycles. The average molecular weight is 306 g/mol. The number of rotatable bonds is 3. The zero-order valence-corrected chi connectivity index (χ0v) is 12.2. The van der Waals surface area contributed by atoms with Crippen LogP contribution in [0.1, 0.15) is 24.6 Å². The van der Waals surface area contributed by atoms with Gasteiger partial charge in [0.05, 0.1) is 17.6 Å². The molecular weight excluding hydrogens is 290 g/mol. The Labute approximate surface area is 116 Å². The first-order chi connectivity index (χ1) is 8.61. The maximum absolute atomic E-state index is 5.87. The topological polar surface area (TPSA) is 51.8 Å². The van der Waals surface area contributed by atoms with Crippen LogP contribution in [0.15, 0.2) is 28.9 Å². The van der Waals surface area contributed by atoms with Crippen molar-refractivity contribution >= 4 is 21.6 Å². The van der Waals surface area contributed by atoms with Crippen molar-refractivity contribution in [2.45, 2.75) is 26.7 Å². The van der Waals surface area contributed by atoms with Gasteiger partial charge < -0.3 is 5.73 Å². The van der Waals surface area contributed by atoms with E-state index in [1.165, 1.54) is 5.56 Å². The van der Waals surface area contributed by atoms with Crippen molar-refractivity contribution in [3.05, 3.63) is 40.1 Å². The summed E-state index contributed by atoms with van der Waals surface area (Å²) in [6.07, 6.45) is 3.60. The van der Waals surface area contributed by atoms with E-state index in [9.17, 15) is 0 Å². The van der Waals surface area contributed by atoms with Gasteiger partial charge in [-0.3, -0.25) is 0 Å². The van der Waals surface area contributed by atoms with Crippen molar-refractivity contribution in [1.29, 1.82) is 0 Å². The highest BCUT2D eigenvalue weighted by Crippen LogP contribution is 2.24. The molecule has 1 aromatic heterocycles. The molecule has 0 amide bonds. The predicted octanol–water partition coefficient (Wildman–Crippen LogP) is 3.75. The SMILES string of the molecule is CCCc1nc(-c2ccc(C)c(Br)c2)ncc1N. The minimum absolute atomic E-state index is 0.673. The lowest BCUT2D eigenvalue weighted by Gasteiger charge is -2.07. The van der Waals surface area contributed by atoms with Crippen molar-refractivity contribution in [2.75, 3.05) is 5.73 Å². The van der Waals surface area contributed by atoms with Crippen LogP contribution in [0.25, 0.3) is 11.4 Å². The average Bonchev–Trinajstić information content (AvgIpc) is 2.36. The summed E-state index contributed by atoms with van der Waals surface area (Å²) in [5.41, 5.74) is 9.68. The number of anilines is 1. The number of aryl methyl sites for hydroxylation is 2. The van der Waals surface area contributed by atoms with E-state index in [1.807, 2.05) is 12.1 Å². The van der Waals surface area contributed by atoms with Gasteiger partial charge in [-0.05, 0) is 25.0 Å². The number of nitrogen functional groups attached to an aromatic ring is 1. The summed E-state index contributed by atoms with van der Waals surface area (Å²) in [4.78, 5) is 8.85. The third-order valence-electron chi connectivity index (χ3n) is 2.82. The Bertz CT molecular complexity index is 567. The van der Waals surface area contributed by atoms with Gasteiger partial charge >= 0.3 is 0 Å². The molecule has 0 fully saturated rings. The lowest BCUT2D eigenvalue weighted by atomic mass is 10.1. The van der Waals surface area contributed by atoms with Crippen molar-refractivity contribution in [1.82, 2.24) is 9.97 Å². The Morgan fingerprint density at radius 3 is 2.78 bits per heavy atom. The maximum Gasteiger partial charge on any atom is 0.159 e. The summed E-state index contributed by atoms with van der Waals surface area (Å²) in [6, 6.07) is 6.12. The van der Waals surface area contributed by atoms with Crippen molar-refractivity contribution in [3.63, 3.8) is 0 Å². The van der Waals surface area contributed by atoms with Gasteiger partial charge in [-0.15, -0.1) is 0 Å². The van der Waals surface area contributed by atoms with E-state index in [1.54, 1.807) is 6.20 Å². The van der Waals surface area contributed by atoms with Gasteiger partial charge in [0.1, 0.15) is 0 Å². The Morgan fingerprint density at radius 1 is 1.33 bits per heavy atom. The summed E-state index contributed by atoms with van der Waals surface area (Å²) < 4.78 is 1.07. The highest BCUT2D eigenvalue weighted by atomic mass is 79.9. The zero-order valence-electron chi connectivity index (χ0n) is 10.6. The van der Waals surface area contributed by atoms with Crippen LogP contribution in [0, 0.1) is 6.92 Å². The fourth-order valence-corrected chi connectivity index (χ4v) is 2.11. The summed E-state index contributed by atoms with van der Waals surface area (Å²) in [5.74, 6) is 0.730. The van der Waals surface area contributed by atoms with Crippen LogP contribution in [0.4, 0.5) is 5.69 Å². The molecule has 2 N–H and O–H groups in total. The third kappa shape index (κ3) is 2.70. The molecule has 94 valence electrons. The number of nitrogens with zero attached hydrogens (tertiary/aromatic N) is 2. The second kappa shape index (κ2) is 5.48. The van der Waals surface area contributed by atoms with Crippen molar-refractivity contribution < 1.29 is 0 Å². The Balaban J connectivity index is 2.44. The van der Waals surface area contributed by atoms with Crippen LogP contribution >= 0.6 is 15.9 Å². The molecule has 2 aromatic rings.